The zero-order valence-corrected chi connectivity index (χ0v) is 20.5. The molecule has 0 spiro atoms. The monoisotopic (exact) mass is 474 g/mol. The Bertz CT molecular complexity index is 1030. The van der Waals surface area contributed by atoms with Gasteiger partial charge in [-0.3, -0.25) is 4.79 Å². The second kappa shape index (κ2) is 11.5. The Morgan fingerprint density at radius 1 is 1.06 bits per heavy atom. The predicted molar refractivity (Wildman–Crippen MR) is 128 cm³/mol. The summed E-state index contributed by atoms with van der Waals surface area (Å²) in [6.45, 7) is 7.63. The molecule has 1 heterocycles. The molecule has 3 rings (SSSR count). The van der Waals surface area contributed by atoms with Gasteiger partial charge in [0.25, 0.3) is 5.91 Å². The molecule has 180 valence electrons. The van der Waals surface area contributed by atoms with E-state index in [1.54, 1.807) is 28.6 Å². The summed E-state index contributed by atoms with van der Waals surface area (Å²) in [7, 11) is -3.45. The number of piperidine rings is 1. The van der Waals surface area contributed by atoms with Crippen molar-refractivity contribution in [1.82, 2.24) is 9.62 Å². The highest BCUT2D eigenvalue weighted by Gasteiger charge is 2.25. The molecule has 0 bridgehead atoms. The molecule has 1 amide bonds. The largest absolute Gasteiger partial charge is 0.492 e. The maximum absolute atomic E-state index is 12.7. The van der Waals surface area contributed by atoms with E-state index in [9.17, 15) is 13.2 Å². The van der Waals surface area contributed by atoms with Crippen molar-refractivity contribution in [1.29, 1.82) is 0 Å². The van der Waals surface area contributed by atoms with Gasteiger partial charge in [-0.1, -0.05) is 25.5 Å². The SMILES string of the molecule is CC[C@H](Oc1cccc(C)c1C)C(=O)NCCOc1ccc(S(=O)(=O)N2CCCCC2)cc1. The van der Waals surface area contributed by atoms with Crippen LogP contribution < -0.4 is 14.8 Å². The molecule has 1 atom stereocenters. The van der Waals surface area contributed by atoms with Crippen molar-refractivity contribution in [3.05, 3.63) is 53.6 Å². The Balaban J connectivity index is 1.47. The van der Waals surface area contributed by atoms with E-state index in [-0.39, 0.29) is 17.4 Å². The molecule has 0 aromatic heterocycles. The highest BCUT2D eigenvalue weighted by Crippen LogP contribution is 2.23. The van der Waals surface area contributed by atoms with Gasteiger partial charge >= 0.3 is 0 Å². The topological polar surface area (TPSA) is 84.9 Å². The number of aryl methyl sites for hydroxylation is 1. The molecule has 7 nitrogen and oxygen atoms in total. The van der Waals surface area contributed by atoms with Crippen LogP contribution in [0.15, 0.2) is 47.4 Å². The van der Waals surface area contributed by atoms with Crippen molar-refractivity contribution < 1.29 is 22.7 Å². The lowest BCUT2D eigenvalue weighted by atomic mass is 10.1. The normalized spacial score (nSPS) is 15.6. The van der Waals surface area contributed by atoms with Gasteiger partial charge in [-0.2, -0.15) is 4.31 Å². The molecule has 8 heteroatoms. The second-order valence-corrected chi connectivity index (χ2v) is 10.2. The van der Waals surface area contributed by atoms with Crippen LogP contribution >= 0.6 is 0 Å². The van der Waals surface area contributed by atoms with Crippen LogP contribution in [-0.2, 0) is 14.8 Å². The number of sulfonamides is 1. The zero-order valence-electron chi connectivity index (χ0n) is 19.7. The number of nitrogens with zero attached hydrogens (tertiary/aromatic N) is 1. The van der Waals surface area contributed by atoms with Crippen LogP contribution in [0.1, 0.15) is 43.7 Å². The third kappa shape index (κ3) is 6.48. The minimum Gasteiger partial charge on any atom is -0.492 e. The minimum absolute atomic E-state index is 0.190. The van der Waals surface area contributed by atoms with Gasteiger partial charge in [-0.15, -0.1) is 0 Å². The summed E-state index contributed by atoms with van der Waals surface area (Å²) < 4.78 is 38.6. The smallest absolute Gasteiger partial charge is 0.261 e. The van der Waals surface area contributed by atoms with Crippen LogP contribution in [-0.4, -0.2) is 51.0 Å². The summed E-state index contributed by atoms with van der Waals surface area (Å²) in [5.74, 6) is 1.08. The number of ether oxygens (including phenoxy) is 2. The molecule has 0 unspecified atom stereocenters. The number of benzene rings is 2. The van der Waals surface area contributed by atoms with E-state index in [0.29, 0.717) is 37.6 Å². The molecular formula is C25H34N2O5S. The standard InChI is InChI=1S/C25H34N2O5S/c1-4-23(32-24-10-8-9-19(2)20(24)3)25(28)26-15-18-31-21-11-13-22(14-12-21)33(29,30)27-16-6-5-7-17-27/h8-14,23H,4-7,15-18H2,1-3H3,(H,26,28)/t23-/m0/s1. The molecular weight excluding hydrogens is 440 g/mol. The predicted octanol–water partition coefficient (Wildman–Crippen LogP) is 3.83. The fraction of sp³-hybridized carbons (Fsp3) is 0.480. The van der Waals surface area contributed by atoms with Crippen LogP contribution in [0.3, 0.4) is 0 Å². The van der Waals surface area contributed by atoms with Gasteiger partial charge in [0.2, 0.25) is 10.0 Å². The fourth-order valence-corrected chi connectivity index (χ4v) is 5.26. The highest BCUT2D eigenvalue weighted by molar-refractivity contribution is 7.89. The fourth-order valence-electron chi connectivity index (χ4n) is 3.75. The van der Waals surface area contributed by atoms with Crippen LogP contribution in [0.2, 0.25) is 0 Å². The van der Waals surface area contributed by atoms with Crippen molar-refractivity contribution in [2.45, 2.75) is 57.5 Å². The summed E-state index contributed by atoms with van der Waals surface area (Å²) >= 11 is 0. The van der Waals surface area contributed by atoms with E-state index in [4.69, 9.17) is 9.47 Å². The first-order valence-electron chi connectivity index (χ1n) is 11.6. The van der Waals surface area contributed by atoms with Gasteiger partial charge in [0.1, 0.15) is 18.1 Å². The summed E-state index contributed by atoms with van der Waals surface area (Å²) in [4.78, 5) is 12.8. The Kier molecular flexibility index (Phi) is 8.74. The summed E-state index contributed by atoms with van der Waals surface area (Å²) in [6.07, 6.45) is 2.85. The molecule has 2 aromatic carbocycles. The summed E-state index contributed by atoms with van der Waals surface area (Å²) in [5.41, 5.74) is 2.14. The van der Waals surface area contributed by atoms with Gasteiger partial charge in [0.05, 0.1) is 11.4 Å². The number of carbonyl (C=O) groups is 1. The third-order valence-corrected chi connectivity index (χ3v) is 7.85. The molecule has 1 aliphatic heterocycles. The van der Waals surface area contributed by atoms with Crippen molar-refractivity contribution >= 4 is 15.9 Å². The number of amides is 1. The van der Waals surface area contributed by atoms with Crippen molar-refractivity contribution in [3.63, 3.8) is 0 Å². The van der Waals surface area contributed by atoms with E-state index >= 15 is 0 Å². The van der Waals surface area contributed by atoms with Crippen molar-refractivity contribution in [3.8, 4) is 11.5 Å². The molecule has 0 radical (unpaired) electrons. The van der Waals surface area contributed by atoms with Crippen LogP contribution in [0.25, 0.3) is 0 Å². The maximum atomic E-state index is 12.7. The Morgan fingerprint density at radius 3 is 2.42 bits per heavy atom. The number of nitrogens with one attached hydrogen (secondary N) is 1. The average molecular weight is 475 g/mol. The van der Waals surface area contributed by atoms with Crippen molar-refractivity contribution in [2.24, 2.45) is 0 Å². The zero-order chi connectivity index (χ0) is 23.8. The molecule has 2 aromatic rings. The molecule has 0 saturated carbocycles. The summed E-state index contributed by atoms with van der Waals surface area (Å²) in [5, 5.41) is 2.85. The van der Waals surface area contributed by atoms with Gasteiger partial charge in [-0.05, 0) is 74.6 Å². The minimum atomic E-state index is -3.45. The number of hydrogen-bond donors (Lipinski definition) is 1. The molecule has 0 aliphatic carbocycles. The first kappa shape index (κ1) is 25.1. The lowest BCUT2D eigenvalue weighted by Crippen LogP contribution is -2.39. The van der Waals surface area contributed by atoms with E-state index in [2.05, 4.69) is 5.32 Å². The average Bonchev–Trinajstić information content (AvgIpc) is 2.83. The molecule has 1 aliphatic rings. The first-order valence-corrected chi connectivity index (χ1v) is 13.0. The lowest BCUT2D eigenvalue weighted by molar-refractivity contribution is -0.128. The van der Waals surface area contributed by atoms with Crippen molar-refractivity contribution in [2.75, 3.05) is 26.2 Å². The second-order valence-electron chi connectivity index (χ2n) is 8.29. The lowest BCUT2D eigenvalue weighted by Gasteiger charge is -2.25. The van der Waals surface area contributed by atoms with Gasteiger partial charge in [-0.25, -0.2) is 8.42 Å². The Labute approximate surface area is 197 Å². The number of rotatable bonds is 10. The van der Waals surface area contributed by atoms with Crippen LogP contribution in [0.4, 0.5) is 0 Å². The van der Waals surface area contributed by atoms with E-state index in [1.165, 1.54) is 0 Å². The van der Waals surface area contributed by atoms with Gasteiger partial charge in [0.15, 0.2) is 6.10 Å². The number of carbonyl (C=O) groups excluding carboxylic acids is 1. The Hall–Kier alpha value is -2.58. The first-order chi connectivity index (χ1) is 15.8. The number of hydrogen-bond acceptors (Lipinski definition) is 5. The molecule has 33 heavy (non-hydrogen) atoms. The maximum Gasteiger partial charge on any atom is 0.261 e. The summed E-state index contributed by atoms with van der Waals surface area (Å²) in [6, 6.07) is 12.2. The van der Waals surface area contributed by atoms with E-state index in [1.807, 2.05) is 39.0 Å². The quantitative estimate of drug-likeness (QED) is 0.529. The molecule has 1 saturated heterocycles. The van der Waals surface area contributed by atoms with Crippen LogP contribution in [0, 0.1) is 13.8 Å². The van der Waals surface area contributed by atoms with Gasteiger partial charge < -0.3 is 14.8 Å². The molecule has 1 N–H and O–H groups in total. The highest BCUT2D eigenvalue weighted by atomic mass is 32.2. The van der Waals surface area contributed by atoms with Crippen LogP contribution in [0.5, 0.6) is 11.5 Å². The van der Waals surface area contributed by atoms with E-state index in [0.717, 1.165) is 30.4 Å². The Morgan fingerprint density at radius 2 is 1.76 bits per heavy atom. The van der Waals surface area contributed by atoms with Gasteiger partial charge in [0, 0.05) is 13.1 Å². The van der Waals surface area contributed by atoms with E-state index < -0.39 is 16.1 Å². The third-order valence-electron chi connectivity index (χ3n) is 5.93. The molecule has 1 fully saturated rings.